The number of carbonyl (C=O) groups is 1. The van der Waals surface area contributed by atoms with Crippen molar-refractivity contribution in [1.29, 1.82) is 0 Å². The Hall–Kier alpha value is -1.73. The maximum atomic E-state index is 12.9. The topological polar surface area (TPSA) is 59.8 Å². The summed E-state index contributed by atoms with van der Waals surface area (Å²) in [5.41, 5.74) is -0.00482. The number of alkyl halides is 2. The number of rotatable bonds is 4. The molecule has 0 spiro atoms. The van der Waals surface area contributed by atoms with E-state index in [0.29, 0.717) is 22.2 Å². The second-order valence-corrected chi connectivity index (χ2v) is 6.19. The second-order valence-electron chi connectivity index (χ2n) is 5.35. The van der Waals surface area contributed by atoms with Crippen LogP contribution in [0.1, 0.15) is 40.5 Å². The van der Waals surface area contributed by atoms with Gasteiger partial charge in [-0.05, 0) is 12.5 Å². The third kappa shape index (κ3) is 3.30. The van der Waals surface area contributed by atoms with Crippen LogP contribution in [0, 0.1) is 0 Å². The molecule has 2 atom stereocenters. The molecular weight excluding hydrogens is 349 g/mol. The lowest BCUT2D eigenvalue weighted by atomic mass is 10.2. The van der Waals surface area contributed by atoms with E-state index in [1.807, 2.05) is 0 Å². The Kier molecular flexibility index (Phi) is 4.25. The first-order chi connectivity index (χ1) is 10.9. The third-order valence-electron chi connectivity index (χ3n) is 3.60. The standard InChI is InChI=1S/C14H12Cl2F2N4O/c1-22-5-8(12(21-22)13(17)18)14(23)20-10-3-7(10)11-9(16)2-6(15)4-19-11/h2,4-5,7,10,13H,3H2,1H3,(H,20,23). The van der Waals surface area contributed by atoms with Crippen LogP contribution in [0.3, 0.4) is 0 Å². The van der Waals surface area contributed by atoms with Crippen molar-refractivity contribution in [3.63, 3.8) is 0 Å². The maximum absolute atomic E-state index is 12.9. The number of nitrogens with one attached hydrogen (secondary N) is 1. The first-order valence-corrected chi connectivity index (χ1v) is 7.56. The van der Waals surface area contributed by atoms with Gasteiger partial charge in [-0.1, -0.05) is 23.2 Å². The maximum Gasteiger partial charge on any atom is 0.282 e. The van der Waals surface area contributed by atoms with Crippen molar-refractivity contribution in [2.45, 2.75) is 24.8 Å². The fourth-order valence-electron chi connectivity index (χ4n) is 2.44. The van der Waals surface area contributed by atoms with Crippen LogP contribution in [-0.4, -0.2) is 26.7 Å². The van der Waals surface area contributed by atoms with Gasteiger partial charge < -0.3 is 5.32 Å². The van der Waals surface area contributed by atoms with Gasteiger partial charge in [-0.25, -0.2) is 8.78 Å². The van der Waals surface area contributed by atoms with Crippen molar-refractivity contribution in [3.8, 4) is 0 Å². The SMILES string of the molecule is Cn1cc(C(=O)NC2CC2c2ncc(Cl)cc2Cl)c(C(F)F)n1. The monoisotopic (exact) mass is 360 g/mol. The van der Waals surface area contributed by atoms with E-state index in [0.717, 1.165) is 0 Å². The molecule has 3 rings (SSSR count). The molecule has 1 aliphatic rings. The Morgan fingerprint density at radius 2 is 2.22 bits per heavy atom. The molecule has 23 heavy (non-hydrogen) atoms. The molecule has 5 nitrogen and oxygen atoms in total. The number of halogens is 4. The average molecular weight is 361 g/mol. The number of pyridine rings is 1. The minimum absolute atomic E-state index is 0.0459. The van der Waals surface area contributed by atoms with Crippen LogP contribution in [0.2, 0.25) is 10.0 Å². The highest BCUT2D eigenvalue weighted by Crippen LogP contribution is 2.43. The van der Waals surface area contributed by atoms with E-state index in [9.17, 15) is 13.6 Å². The van der Waals surface area contributed by atoms with Crippen LogP contribution in [-0.2, 0) is 7.05 Å². The fraction of sp³-hybridized carbons (Fsp3) is 0.357. The lowest BCUT2D eigenvalue weighted by Crippen LogP contribution is -2.27. The molecule has 2 unspecified atom stereocenters. The van der Waals surface area contributed by atoms with E-state index < -0.39 is 18.0 Å². The number of carbonyl (C=O) groups excluding carboxylic acids is 1. The average Bonchev–Trinajstić information content (AvgIpc) is 3.08. The van der Waals surface area contributed by atoms with Crippen molar-refractivity contribution in [2.75, 3.05) is 0 Å². The first kappa shape index (κ1) is 16.1. The number of aryl methyl sites for hydroxylation is 1. The Morgan fingerprint density at radius 3 is 2.87 bits per heavy atom. The van der Waals surface area contributed by atoms with E-state index in [4.69, 9.17) is 23.2 Å². The van der Waals surface area contributed by atoms with Crippen LogP contribution < -0.4 is 5.32 Å². The van der Waals surface area contributed by atoms with Crippen molar-refractivity contribution in [2.24, 2.45) is 7.05 Å². The van der Waals surface area contributed by atoms with Crippen molar-refractivity contribution in [1.82, 2.24) is 20.1 Å². The minimum Gasteiger partial charge on any atom is -0.348 e. The predicted octanol–water partition coefficient (Wildman–Crippen LogP) is 3.35. The Labute approximate surface area is 140 Å². The van der Waals surface area contributed by atoms with Crippen molar-refractivity contribution < 1.29 is 13.6 Å². The van der Waals surface area contributed by atoms with E-state index in [1.54, 1.807) is 6.07 Å². The molecular formula is C14H12Cl2F2N4O. The summed E-state index contributed by atoms with van der Waals surface area (Å²) >= 11 is 11.9. The minimum atomic E-state index is -2.81. The molecule has 0 aliphatic heterocycles. The summed E-state index contributed by atoms with van der Waals surface area (Å²) in [6, 6.07) is 1.39. The number of hydrogen-bond donors (Lipinski definition) is 1. The molecule has 2 aromatic rings. The Morgan fingerprint density at radius 1 is 1.48 bits per heavy atom. The van der Waals surface area contributed by atoms with E-state index in [2.05, 4.69) is 15.4 Å². The lowest BCUT2D eigenvalue weighted by molar-refractivity contribution is 0.0935. The van der Waals surface area contributed by atoms with Gasteiger partial charge in [0.15, 0.2) is 0 Å². The number of nitrogens with zero attached hydrogens (tertiary/aromatic N) is 3. The molecule has 2 aromatic heterocycles. The number of aromatic nitrogens is 3. The van der Waals surface area contributed by atoms with Crippen molar-refractivity contribution >= 4 is 29.1 Å². The Bertz CT molecular complexity index is 765. The summed E-state index contributed by atoms with van der Waals surface area (Å²) in [4.78, 5) is 16.3. The van der Waals surface area contributed by atoms with E-state index >= 15 is 0 Å². The van der Waals surface area contributed by atoms with Gasteiger partial charge in [0, 0.05) is 31.4 Å². The summed E-state index contributed by atoms with van der Waals surface area (Å²) in [6.07, 6.45) is 0.599. The summed E-state index contributed by atoms with van der Waals surface area (Å²) in [5.74, 6) is -0.624. The number of hydrogen-bond acceptors (Lipinski definition) is 3. The smallest absolute Gasteiger partial charge is 0.282 e. The molecule has 1 aliphatic carbocycles. The largest absolute Gasteiger partial charge is 0.348 e. The zero-order chi connectivity index (χ0) is 16.7. The third-order valence-corrected chi connectivity index (χ3v) is 4.11. The molecule has 122 valence electrons. The lowest BCUT2D eigenvalue weighted by Gasteiger charge is -2.06. The molecule has 0 radical (unpaired) electrons. The predicted molar refractivity (Wildman–Crippen MR) is 81.0 cm³/mol. The quantitative estimate of drug-likeness (QED) is 0.909. The summed E-state index contributed by atoms with van der Waals surface area (Å²) < 4.78 is 27.0. The summed E-state index contributed by atoms with van der Waals surface area (Å²) in [7, 11) is 1.49. The van der Waals surface area contributed by atoms with Crippen LogP contribution in [0.25, 0.3) is 0 Å². The van der Waals surface area contributed by atoms with Gasteiger partial charge in [-0.3, -0.25) is 14.5 Å². The van der Waals surface area contributed by atoms with Crippen LogP contribution in [0.4, 0.5) is 8.78 Å². The van der Waals surface area contributed by atoms with Crippen LogP contribution in [0.15, 0.2) is 18.5 Å². The molecule has 0 bridgehead atoms. The molecule has 2 heterocycles. The molecule has 1 saturated carbocycles. The van der Waals surface area contributed by atoms with Gasteiger partial charge >= 0.3 is 0 Å². The molecule has 1 N–H and O–H groups in total. The highest BCUT2D eigenvalue weighted by molar-refractivity contribution is 6.34. The molecule has 1 amide bonds. The highest BCUT2D eigenvalue weighted by Gasteiger charge is 2.42. The molecule has 0 aromatic carbocycles. The van der Waals surface area contributed by atoms with Crippen LogP contribution in [0.5, 0.6) is 0 Å². The molecule has 0 saturated heterocycles. The zero-order valence-corrected chi connectivity index (χ0v) is 13.4. The highest BCUT2D eigenvalue weighted by atomic mass is 35.5. The van der Waals surface area contributed by atoms with Gasteiger partial charge in [0.2, 0.25) is 0 Å². The van der Waals surface area contributed by atoms with E-state index in [1.165, 1.54) is 24.1 Å². The van der Waals surface area contributed by atoms with Gasteiger partial charge in [0.1, 0.15) is 5.69 Å². The fourth-order valence-corrected chi connectivity index (χ4v) is 2.96. The number of amides is 1. The van der Waals surface area contributed by atoms with Gasteiger partial charge in [-0.2, -0.15) is 5.10 Å². The summed E-state index contributed by atoms with van der Waals surface area (Å²) in [6.45, 7) is 0. The second kappa shape index (κ2) is 6.05. The van der Waals surface area contributed by atoms with Crippen LogP contribution >= 0.6 is 23.2 Å². The zero-order valence-electron chi connectivity index (χ0n) is 11.9. The summed E-state index contributed by atoms with van der Waals surface area (Å²) in [5, 5.41) is 7.18. The first-order valence-electron chi connectivity index (χ1n) is 6.80. The van der Waals surface area contributed by atoms with Gasteiger partial charge in [0.05, 0.1) is 21.3 Å². The van der Waals surface area contributed by atoms with Crippen molar-refractivity contribution in [3.05, 3.63) is 45.5 Å². The normalized spacial score (nSPS) is 19.9. The van der Waals surface area contributed by atoms with E-state index in [-0.39, 0.29) is 17.5 Å². The van der Waals surface area contributed by atoms with Gasteiger partial charge in [0.25, 0.3) is 12.3 Å². The van der Waals surface area contributed by atoms with Gasteiger partial charge in [-0.15, -0.1) is 0 Å². The molecule has 1 fully saturated rings. The Balaban J connectivity index is 1.71. The molecule has 9 heteroatoms.